The van der Waals surface area contributed by atoms with Crippen LogP contribution in [0.15, 0.2) is 0 Å². The summed E-state index contributed by atoms with van der Waals surface area (Å²) in [5.41, 5.74) is 0. The van der Waals surface area contributed by atoms with E-state index < -0.39 is 0 Å². The van der Waals surface area contributed by atoms with Gasteiger partial charge >= 0.3 is 0 Å². The third kappa shape index (κ3) is 3.63. The predicted molar refractivity (Wildman–Crippen MR) is 55.0 cm³/mol. The van der Waals surface area contributed by atoms with E-state index in [1.807, 2.05) is 7.11 Å². The molecule has 0 aromatic rings. The van der Waals surface area contributed by atoms with E-state index in [1.165, 1.54) is 13.0 Å². The molecule has 1 saturated heterocycles. The first-order chi connectivity index (χ1) is 6.26. The van der Waals surface area contributed by atoms with Crippen LogP contribution >= 0.6 is 0 Å². The molecule has 78 valence electrons. The first-order valence-electron chi connectivity index (χ1n) is 5.24. The van der Waals surface area contributed by atoms with Gasteiger partial charge < -0.3 is 10.1 Å². The summed E-state index contributed by atoms with van der Waals surface area (Å²) in [7, 11) is 1.81. The van der Waals surface area contributed by atoms with E-state index in [0.717, 1.165) is 19.6 Å². The molecule has 0 aromatic carbocycles. The van der Waals surface area contributed by atoms with Crippen LogP contribution in [0.4, 0.5) is 0 Å². The van der Waals surface area contributed by atoms with Gasteiger partial charge in [-0.05, 0) is 19.9 Å². The molecule has 1 heterocycles. The van der Waals surface area contributed by atoms with Gasteiger partial charge in [0.15, 0.2) is 0 Å². The van der Waals surface area contributed by atoms with Crippen molar-refractivity contribution in [2.75, 3.05) is 33.3 Å². The molecular formula is C10H22N2O. The number of likely N-dealkylation sites (N-methyl/N-ethyl adjacent to an activating group) is 1. The molecule has 1 aliphatic heterocycles. The summed E-state index contributed by atoms with van der Waals surface area (Å²) in [4.78, 5) is 2.47. The minimum absolute atomic E-state index is 0.467. The summed E-state index contributed by atoms with van der Waals surface area (Å²) >= 11 is 0. The van der Waals surface area contributed by atoms with Crippen LogP contribution in [0, 0.1) is 0 Å². The van der Waals surface area contributed by atoms with Gasteiger partial charge in [-0.1, -0.05) is 6.92 Å². The molecule has 13 heavy (non-hydrogen) atoms. The van der Waals surface area contributed by atoms with Crippen LogP contribution in [-0.4, -0.2) is 50.3 Å². The number of hydrogen-bond donors (Lipinski definition) is 1. The Bertz CT molecular complexity index is 141. The highest BCUT2D eigenvalue weighted by Crippen LogP contribution is 2.11. The molecule has 1 fully saturated rings. The van der Waals surface area contributed by atoms with Gasteiger partial charge in [0.05, 0.1) is 6.10 Å². The van der Waals surface area contributed by atoms with Gasteiger partial charge in [0.25, 0.3) is 0 Å². The fourth-order valence-electron chi connectivity index (χ4n) is 1.96. The van der Waals surface area contributed by atoms with Crippen LogP contribution in [0.3, 0.4) is 0 Å². The highest BCUT2D eigenvalue weighted by Gasteiger charge is 2.22. The van der Waals surface area contributed by atoms with Crippen molar-refractivity contribution in [3.8, 4) is 0 Å². The Balaban J connectivity index is 2.16. The van der Waals surface area contributed by atoms with E-state index in [9.17, 15) is 0 Å². The van der Waals surface area contributed by atoms with Gasteiger partial charge in [-0.3, -0.25) is 4.90 Å². The van der Waals surface area contributed by atoms with Gasteiger partial charge in [-0.25, -0.2) is 0 Å². The minimum atomic E-state index is 0.467. The number of methoxy groups -OCH3 is 1. The second kappa shape index (κ2) is 5.58. The topological polar surface area (TPSA) is 24.5 Å². The molecule has 0 saturated carbocycles. The second-order valence-corrected chi connectivity index (χ2v) is 3.86. The Hall–Kier alpha value is -0.120. The second-order valence-electron chi connectivity index (χ2n) is 3.86. The van der Waals surface area contributed by atoms with E-state index in [2.05, 4.69) is 24.1 Å². The normalized spacial score (nSPS) is 26.5. The van der Waals surface area contributed by atoms with Crippen LogP contribution in [0.1, 0.15) is 20.3 Å². The average Bonchev–Trinajstić information content (AvgIpc) is 2.52. The largest absolute Gasteiger partial charge is 0.380 e. The number of nitrogens with zero attached hydrogens (tertiary/aromatic N) is 1. The van der Waals surface area contributed by atoms with Crippen molar-refractivity contribution in [2.24, 2.45) is 0 Å². The summed E-state index contributed by atoms with van der Waals surface area (Å²) < 4.78 is 5.32. The molecule has 1 aliphatic rings. The van der Waals surface area contributed by atoms with Gasteiger partial charge in [-0.2, -0.15) is 0 Å². The molecule has 0 spiro atoms. The molecular weight excluding hydrogens is 164 g/mol. The van der Waals surface area contributed by atoms with Crippen molar-refractivity contribution in [2.45, 2.75) is 32.4 Å². The highest BCUT2D eigenvalue weighted by molar-refractivity contribution is 4.78. The van der Waals surface area contributed by atoms with E-state index in [-0.39, 0.29) is 0 Å². The molecule has 0 radical (unpaired) electrons. The Labute approximate surface area is 81.4 Å². The van der Waals surface area contributed by atoms with Crippen molar-refractivity contribution < 1.29 is 4.74 Å². The Kier molecular flexibility index (Phi) is 4.70. The summed E-state index contributed by atoms with van der Waals surface area (Å²) in [5.74, 6) is 0. The predicted octanol–water partition coefficient (Wildman–Crippen LogP) is 0.705. The lowest BCUT2D eigenvalue weighted by Crippen LogP contribution is -2.38. The average molecular weight is 186 g/mol. The monoisotopic (exact) mass is 186 g/mol. The number of likely N-dealkylation sites (tertiary alicyclic amines) is 1. The lowest BCUT2D eigenvalue weighted by Gasteiger charge is -2.20. The molecule has 3 heteroatoms. The maximum Gasteiger partial charge on any atom is 0.0710 e. The molecule has 1 rings (SSSR count). The maximum atomic E-state index is 5.32. The Morgan fingerprint density at radius 2 is 2.38 bits per heavy atom. The molecule has 0 aliphatic carbocycles. The zero-order valence-electron chi connectivity index (χ0n) is 9.05. The van der Waals surface area contributed by atoms with Crippen molar-refractivity contribution in [3.05, 3.63) is 0 Å². The van der Waals surface area contributed by atoms with E-state index in [0.29, 0.717) is 12.1 Å². The number of ether oxygens (including phenoxy) is 1. The lowest BCUT2D eigenvalue weighted by atomic mass is 10.3. The smallest absolute Gasteiger partial charge is 0.0710 e. The van der Waals surface area contributed by atoms with Crippen molar-refractivity contribution >= 4 is 0 Å². The summed E-state index contributed by atoms with van der Waals surface area (Å²) in [6, 6.07) is 0.598. The maximum absolute atomic E-state index is 5.32. The lowest BCUT2D eigenvalue weighted by molar-refractivity contribution is 0.107. The van der Waals surface area contributed by atoms with Crippen LogP contribution in [-0.2, 0) is 4.74 Å². The number of nitrogens with one attached hydrogen (secondary N) is 1. The highest BCUT2D eigenvalue weighted by atomic mass is 16.5. The SMILES string of the molecule is CCNC(C)CN1CCC(OC)C1. The van der Waals surface area contributed by atoms with E-state index in [4.69, 9.17) is 4.74 Å². The van der Waals surface area contributed by atoms with Crippen LogP contribution in [0.2, 0.25) is 0 Å². The molecule has 0 bridgehead atoms. The number of rotatable bonds is 5. The summed E-state index contributed by atoms with van der Waals surface area (Å²) in [6.07, 6.45) is 1.66. The van der Waals surface area contributed by atoms with Gasteiger partial charge in [0.1, 0.15) is 0 Å². The molecule has 1 N–H and O–H groups in total. The molecule has 2 unspecified atom stereocenters. The third-order valence-corrected chi connectivity index (χ3v) is 2.65. The van der Waals surface area contributed by atoms with Crippen molar-refractivity contribution in [1.82, 2.24) is 10.2 Å². The zero-order chi connectivity index (χ0) is 9.68. The van der Waals surface area contributed by atoms with Crippen LogP contribution in [0.5, 0.6) is 0 Å². The zero-order valence-corrected chi connectivity index (χ0v) is 9.05. The fraction of sp³-hybridized carbons (Fsp3) is 1.00. The van der Waals surface area contributed by atoms with Gasteiger partial charge in [0.2, 0.25) is 0 Å². The van der Waals surface area contributed by atoms with E-state index in [1.54, 1.807) is 0 Å². The molecule has 0 amide bonds. The van der Waals surface area contributed by atoms with Crippen LogP contribution < -0.4 is 5.32 Å². The van der Waals surface area contributed by atoms with Crippen LogP contribution in [0.25, 0.3) is 0 Å². The molecule has 2 atom stereocenters. The minimum Gasteiger partial charge on any atom is -0.380 e. The van der Waals surface area contributed by atoms with Crippen molar-refractivity contribution in [1.29, 1.82) is 0 Å². The quantitative estimate of drug-likeness (QED) is 0.684. The molecule has 0 aromatic heterocycles. The Morgan fingerprint density at radius 1 is 1.62 bits per heavy atom. The van der Waals surface area contributed by atoms with E-state index >= 15 is 0 Å². The summed E-state index contributed by atoms with van der Waals surface area (Å²) in [6.45, 7) is 8.89. The van der Waals surface area contributed by atoms with Gasteiger partial charge in [0, 0.05) is 32.8 Å². The van der Waals surface area contributed by atoms with Crippen molar-refractivity contribution in [3.63, 3.8) is 0 Å². The first kappa shape index (κ1) is 11.0. The van der Waals surface area contributed by atoms with Gasteiger partial charge in [-0.15, -0.1) is 0 Å². The number of hydrogen-bond acceptors (Lipinski definition) is 3. The standard InChI is InChI=1S/C10H22N2O/c1-4-11-9(2)7-12-6-5-10(8-12)13-3/h9-11H,4-8H2,1-3H3. The summed E-state index contributed by atoms with van der Waals surface area (Å²) in [5, 5.41) is 3.42. The third-order valence-electron chi connectivity index (χ3n) is 2.65. The molecule has 3 nitrogen and oxygen atoms in total. The first-order valence-corrected chi connectivity index (χ1v) is 5.24. The Morgan fingerprint density at radius 3 is 2.92 bits per heavy atom. The fourth-order valence-corrected chi connectivity index (χ4v) is 1.96.